The lowest BCUT2D eigenvalue weighted by atomic mass is 10.2. The van der Waals surface area contributed by atoms with Crippen LogP contribution < -0.4 is 10.5 Å². The van der Waals surface area contributed by atoms with E-state index in [-0.39, 0.29) is 0 Å². The highest BCUT2D eigenvalue weighted by Gasteiger charge is 2.09. The van der Waals surface area contributed by atoms with Crippen molar-refractivity contribution in [2.24, 2.45) is 13.0 Å². The molecule has 0 saturated heterocycles. The molecule has 2 aromatic heterocycles. The average Bonchev–Trinajstić information content (AvgIpc) is 2.75. The second kappa shape index (κ2) is 5.92. The highest BCUT2D eigenvalue weighted by molar-refractivity contribution is 7.99. The molecule has 0 aromatic carbocycles. The van der Waals surface area contributed by atoms with Crippen molar-refractivity contribution in [3.63, 3.8) is 0 Å². The van der Waals surface area contributed by atoms with Gasteiger partial charge in [-0.2, -0.15) is 5.10 Å². The summed E-state index contributed by atoms with van der Waals surface area (Å²) in [5, 5.41) is 5.57. The summed E-state index contributed by atoms with van der Waals surface area (Å²) in [6.07, 6.45) is 1.51. The number of nitrogens with zero attached hydrogens (tertiary/aromatic N) is 4. The minimum Gasteiger partial charge on any atom is -0.476 e. The Kier molecular flexibility index (Phi) is 4.26. The van der Waals surface area contributed by atoms with Gasteiger partial charge in [0.15, 0.2) is 5.16 Å². The van der Waals surface area contributed by atoms with Crippen LogP contribution in [0.2, 0.25) is 0 Å². The molecule has 0 fully saturated rings. The molecule has 0 radical (unpaired) electrons. The van der Waals surface area contributed by atoms with E-state index in [1.165, 1.54) is 18.1 Å². The monoisotopic (exact) mass is 279 g/mol. The Hall–Kier alpha value is -1.76. The summed E-state index contributed by atoms with van der Waals surface area (Å²) in [6, 6.07) is 3.64. The topological polar surface area (TPSA) is 78.9 Å². The van der Waals surface area contributed by atoms with Gasteiger partial charge >= 0.3 is 0 Å². The molecule has 0 aliphatic heterocycles. The van der Waals surface area contributed by atoms with E-state index >= 15 is 0 Å². The quantitative estimate of drug-likeness (QED) is 0.901. The molecule has 2 heterocycles. The zero-order valence-electron chi connectivity index (χ0n) is 11.2. The van der Waals surface area contributed by atoms with Crippen LogP contribution in [0.3, 0.4) is 0 Å². The molecule has 0 aliphatic carbocycles. The zero-order chi connectivity index (χ0) is 13.8. The van der Waals surface area contributed by atoms with Crippen molar-refractivity contribution in [1.29, 1.82) is 0 Å². The summed E-state index contributed by atoms with van der Waals surface area (Å²) in [5.41, 5.74) is 6.39. The van der Waals surface area contributed by atoms with E-state index in [9.17, 15) is 0 Å². The minimum atomic E-state index is 0.427. The van der Waals surface area contributed by atoms with Gasteiger partial charge in [0.2, 0.25) is 5.88 Å². The summed E-state index contributed by atoms with van der Waals surface area (Å²) in [4.78, 5) is 8.53. The van der Waals surface area contributed by atoms with Crippen LogP contribution in [0.5, 0.6) is 5.88 Å². The van der Waals surface area contributed by atoms with Crippen molar-refractivity contribution >= 4 is 17.4 Å². The molecule has 102 valence electrons. The highest BCUT2D eigenvalue weighted by Crippen LogP contribution is 2.28. The molecule has 0 saturated carbocycles. The Morgan fingerprint density at radius 1 is 1.42 bits per heavy atom. The van der Waals surface area contributed by atoms with Gasteiger partial charge in [-0.3, -0.25) is 0 Å². The van der Waals surface area contributed by atoms with Gasteiger partial charge in [-0.05, 0) is 29.8 Å². The molecule has 0 unspecified atom stereocenters. The second-order valence-electron chi connectivity index (χ2n) is 4.52. The van der Waals surface area contributed by atoms with Gasteiger partial charge in [0.05, 0.1) is 12.3 Å². The first-order chi connectivity index (χ1) is 9.06. The van der Waals surface area contributed by atoms with Crippen molar-refractivity contribution in [3.05, 3.63) is 18.5 Å². The number of pyridine rings is 1. The molecule has 2 rings (SSSR count). The molecule has 2 aromatic rings. The molecular formula is C12H17N5OS. The average molecular weight is 279 g/mol. The van der Waals surface area contributed by atoms with E-state index in [0.29, 0.717) is 24.1 Å². The fraction of sp³-hybridized carbons (Fsp3) is 0.417. The number of rotatable bonds is 5. The fourth-order valence-corrected chi connectivity index (χ4v) is 2.05. The van der Waals surface area contributed by atoms with Crippen LogP contribution in [0.15, 0.2) is 28.6 Å². The van der Waals surface area contributed by atoms with Crippen molar-refractivity contribution in [2.75, 3.05) is 12.3 Å². The van der Waals surface area contributed by atoms with E-state index in [0.717, 1.165) is 10.2 Å². The molecule has 6 nitrogen and oxygen atoms in total. The van der Waals surface area contributed by atoms with Crippen LogP contribution in [0.4, 0.5) is 5.69 Å². The van der Waals surface area contributed by atoms with E-state index < -0.39 is 0 Å². The summed E-state index contributed by atoms with van der Waals surface area (Å²) in [6.45, 7) is 4.75. The molecule has 0 spiro atoms. The second-order valence-corrected chi connectivity index (χ2v) is 5.50. The van der Waals surface area contributed by atoms with E-state index in [1.54, 1.807) is 10.7 Å². The minimum absolute atomic E-state index is 0.427. The number of nitrogens with two attached hydrogens (primary N) is 1. The van der Waals surface area contributed by atoms with Crippen LogP contribution in [-0.2, 0) is 7.05 Å². The number of ether oxygens (including phenoxy) is 1. The summed E-state index contributed by atoms with van der Waals surface area (Å²) < 4.78 is 7.29. The molecule has 0 aliphatic rings. The van der Waals surface area contributed by atoms with Crippen LogP contribution in [0.25, 0.3) is 0 Å². The van der Waals surface area contributed by atoms with Gasteiger partial charge in [-0.25, -0.2) is 14.6 Å². The van der Waals surface area contributed by atoms with Crippen LogP contribution in [-0.4, -0.2) is 26.4 Å². The number of anilines is 1. The Morgan fingerprint density at radius 3 is 2.84 bits per heavy atom. The number of aromatic nitrogens is 4. The van der Waals surface area contributed by atoms with Crippen molar-refractivity contribution in [2.45, 2.75) is 24.0 Å². The van der Waals surface area contributed by atoms with Gasteiger partial charge in [-0.1, -0.05) is 13.8 Å². The highest BCUT2D eigenvalue weighted by atomic mass is 32.2. The fourth-order valence-electron chi connectivity index (χ4n) is 1.32. The Balaban J connectivity index is 2.14. The number of hydrogen-bond donors (Lipinski definition) is 1. The molecular weight excluding hydrogens is 262 g/mol. The number of nitrogen functional groups attached to an aromatic ring is 1. The first kappa shape index (κ1) is 13.7. The van der Waals surface area contributed by atoms with Crippen molar-refractivity contribution in [1.82, 2.24) is 19.7 Å². The van der Waals surface area contributed by atoms with E-state index in [2.05, 4.69) is 28.9 Å². The molecule has 0 amide bonds. The Bertz CT molecular complexity index is 555. The Morgan fingerprint density at radius 2 is 2.21 bits per heavy atom. The van der Waals surface area contributed by atoms with Crippen LogP contribution in [0, 0.1) is 5.92 Å². The molecule has 0 bridgehead atoms. The summed E-state index contributed by atoms with van der Waals surface area (Å²) in [5.74, 6) is 0.900. The zero-order valence-corrected chi connectivity index (χ0v) is 12.0. The standard InChI is InChI=1S/C12H17N5OS/c1-8(2)6-18-11-9(13)4-5-10(16-11)19-12-14-7-15-17(12)3/h4-5,7-8H,6,13H2,1-3H3. The van der Waals surface area contributed by atoms with Crippen molar-refractivity contribution < 1.29 is 4.74 Å². The maximum atomic E-state index is 5.85. The van der Waals surface area contributed by atoms with Crippen LogP contribution in [0.1, 0.15) is 13.8 Å². The summed E-state index contributed by atoms with van der Waals surface area (Å²) in [7, 11) is 1.84. The maximum absolute atomic E-state index is 5.85. The number of aryl methyl sites for hydroxylation is 1. The van der Waals surface area contributed by atoms with E-state index in [1.807, 2.05) is 13.1 Å². The lowest BCUT2D eigenvalue weighted by Crippen LogP contribution is -2.07. The first-order valence-corrected chi connectivity index (χ1v) is 6.79. The van der Waals surface area contributed by atoms with Crippen LogP contribution >= 0.6 is 11.8 Å². The number of hydrogen-bond acceptors (Lipinski definition) is 6. The largest absolute Gasteiger partial charge is 0.476 e. The predicted molar refractivity (Wildman–Crippen MR) is 74.1 cm³/mol. The van der Waals surface area contributed by atoms with Gasteiger partial charge in [0.1, 0.15) is 11.4 Å². The SMILES string of the molecule is CC(C)COc1nc(Sc2ncnn2C)ccc1N. The van der Waals surface area contributed by atoms with Gasteiger partial charge in [0, 0.05) is 7.05 Å². The summed E-state index contributed by atoms with van der Waals surface area (Å²) >= 11 is 1.42. The predicted octanol–water partition coefficient (Wildman–Crippen LogP) is 1.98. The molecule has 2 N–H and O–H groups in total. The third kappa shape index (κ3) is 3.60. The van der Waals surface area contributed by atoms with E-state index in [4.69, 9.17) is 10.5 Å². The van der Waals surface area contributed by atoms with Gasteiger partial charge in [-0.15, -0.1) is 0 Å². The van der Waals surface area contributed by atoms with Gasteiger partial charge < -0.3 is 10.5 Å². The third-order valence-electron chi connectivity index (χ3n) is 2.28. The first-order valence-electron chi connectivity index (χ1n) is 5.97. The maximum Gasteiger partial charge on any atom is 0.238 e. The van der Waals surface area contributed by atoms with Gasteiger partial charge in [0.25, 0.3) is 0 Å². The third-order valence-corrected chi connectivity index (χ3v) is 3.27. The lowest BCUT2D eigenvalue weighted by molar-refractivity contribution is 0.261. The molecule has 7 heteroatoms. The molecule has 19 heavy (non-hydrogen) atoms. The lowest BCUT2D eigenvalue weighted by Gasteiger charge is -2.10. The van der Waals surface area contributed by atoms with Crippen molar-refractivity contribution in [3.8, 4) is 5.88 Å². The smallest absolute Gasteiger partial charge is 0.238 e. The normalized spacial score (nSPS) is 10.9. The molecule has 0 atom stereocenters. The Labute approximate surface area is 116 Å².